The van der Waals surface area contributed by atoms with Crippen LogP contribution in [0, 0.1) is 13.8 Å². The number of amides is 1. The molecule has 0 spiro atoms. The summed E-state index contributed by atoms with van der Waals surface area (Å²) >= 11 is 1.53. The number of aryl methyl sites for hydroxylation is 2. The number of thiazole rings is 1. The number of hydrogen-bond donors (Lipinski definition) is 0. The Morgan fingerprint density at radius 2 is 2.03 bits per heavy atom. The monoisotopic (exact) mass is 443 g/mol. The number of anilines is 1. The summed E-state index contributed by atoms with van der Waals surface area (Å²) in [5.74, 6) is 1.25. The smallest absolute Gasteiger partial charge is 0.253 e. The van der Waals surface area contributed by atoms with Crippen molar-refractivity contribution in [3.05, 3.63) is 83.2 Å². The summed E-state index contributed by atoms with van der Waals surface area (Å²) in [6.07, 6.45) is 6.84. The summed E-state index contributed by atoms with van der Waals surface area (Å²) < 4.78 is 11.9. The van der Waals surface area contributed by atoms with Crippen LogP contribution in [0.5, 0.6) is 11.5 Å². The van der Waals surface area contributed by atoms with Gasteiger partial charge in [0.15, 0.2) is 16.6 Å². The Hall–Kier alpha value is -3.71. The third-order valence-corrected chi connectivity index (χ3v) is 6.41. The summed E-state index contributed by atoms with van der Waals surface area (Å²) in [5.41, 5.74) is 5.02. The van der Waals surface area contributed by atoms with Gasteiger partial charge in [-0.2, -0.15) is 0 Å². The molecule has 2 aromatic carbocycles. The van der Waals surface area contributed by atoms with Crippen LogP contribution in [0.4, 0.5) is 5.13 Å². The first-order valence-corrected chi connectivity index (χ1v) is 11.0. The van der Waals surface area contributed by atoms with Crippen molar-refractivity contribution in [3.63, 3.8) is 0 Å². The first-order valence-electron chi connectivity index (χ1n) is 10.2. The second kappa shape index (κ2) is 8.43. The van der Waals surface area contributed by atoms with Gasteiger partial charge in [-0.1, -0.05) is 29.5 Å². The average molecular weight is 444 g/mol. The Morgan fingerprint density at radius 1 is 1.16 bits per heavy atom. The van der Waals surface area contributed by atoms with Gasteiger partial charge < -0.3 is 9.47 Å². The predicted octanol–water partition coefficient (Wildman–Crippen LogP) is 5.28. The number of rotatable bonds is 5. The molecule has 0 unspecified atom stereocenters. The number of hydrogen-bond acceptors (Lipinski definition) is 6. The van der Waals surface area contributed by atoms with E-state index in [4.69, 9.17) is 14.5 Å². The number of ether oxygens (including phenoxy) is 2. The Balaban J connectivity index is 1.48. The molecule has 1 aliphatic heterocycles. The van der Waals surface area contributed by atoms with Gasteiger partial charge in [0.05, 0.1) is 16.8 Å². The van der Waals surface area contributed by atoms with Crippen molar-refractivity contribution < 1.29 is 14.3 Å². The molecule has 0 N–H and O–H groups in total. The minimum Gasteiger partial charge on any atom is -0.454 e. The molecule has 1 amide bonds. The van der Waals surface area contributed by atoms with Gasteiger partial charge in [0.2, 0.25) is 6.79 Å². The summed E-state index contributed by atoms with van der Waals surface area (Å²) in [7, 11) is 0. The van der Waals surface area contributed by atoms with E-state index in [0.717, 1.165) is 32.5 Å². The Bertz CT molecular complexity index is 1330. The van der Waals surface area contributed by atoms with Gasteiger partial charge in [-0.15, -0.1) is 0 Å². The first kappa shape index (κ1) is 20.2. The third kappa shape index (κ3) is 4.07. The largest absolute Gasteiger partial charge is 0.454 e. The maximum atomic E-state index is 13.3. The molecular weight excluding hydrogens is 422 g/mol. The predicted molar refractivity (Wildman–Crippen MR) is 126 cm³/mol. The number of carbonyl (C=O) groups excluding carboxylic acids is 1. The van der Waals surface area contributed by atoms with Crippen molar-refractivity contribution in [2.24, 2.45) is 0 Å². The molecular formula is C25H21N3O3S. The van der Waals surface area contributed by atoms with Crippen LogP contribution in [0.25, 0.3) is 16.3 Å². The highest BCUT2D eigenvalue weighted by Crippen LogP contribution is 2.34. The van der Waals surface area contributed by atoms with Gasteiger partial charge in [0.25, 0.3) is 5.91 Å². The molecule has 6 nitrogen and oxygen atoms in total. The van der Waals surface area contributed by atoms with Crippen molar-refractivity contribution in [2.75, 3.05) is 11.7 Å². The van der Waals surface area contributed by atoms with E-state index in [0.29, 0.717) is 23.2 Å². The molecule has 0 saturated heterocycles. The highest BCUT2D eigenvalue weighted by Gasteiger charge is 2.20. The van der Waals surface area contributed by atoms with Crippen molar-refractivity contribution in [3.8, 4) is 11.5 Å². The second-order valence-corrected chi connectivity index (χ2v) is 8.64. The zero-order valence-electron chi connectivity index (χ0n) is 17.7. The first-order chi connectivity index (χ1) is 15.6. The SMILES string of the molecule is Cc1cc(C)c2sc(N(Cc3cccnc3)C(=O)/C=C/c3ccc4c(c3)OCO4)nc2c1. The minimum atomic E-state index is -0.153. The molecule has 7 heteroatoms. The van der Waals surface area contributed by atoms with E-state index in [1.807, 2.05) is 30.3 Å². The standard InChI is InChI=1S/C25H21N3O3S/c1-16-10-17(2)24-20(11-16)27-25(32-24)28(14-19-4-3-9-26-13-19)23(29)8-6-18-5-7-21-22(12-18)31-15-30-21/h3-13H,14-15H2,1-2H3/b8-6+. The van der Waals surface area contributed by atoms with Crippen LogP contribution in [0.1, 0.15) is 22.3 Å². The molecule has 32 heavy (non-hydrogen) atoms. The Labute approximate surface area is 189 Å². The molecule has 0 fully saturated rings. The van der Waals surface area contributed by atoms with Gasteiger partial charge in [-0.3, -0.25) is 14.7 Å². The molecule has 1 aliphatic rings. The second-order valence-electron chi connectivity index (χ2n) is 7.66. The van der Waals surface area contributed by atoms with Gasteiger partial charge in [0.1, 0.15) is 0 Å². The van der Waals surface area contributed by atoms with Crippen LogP contribution in [0.2, 0.25) is 0 Å². The molecule has 3 heterocycles. The maximum Gasteiger partial charge on any atom is 0.253 e. The average Bonchev–Trinajstić information content (AvgIpc) is 3.43. The quantitative estimate of drug-likeness (QED) is 0.393. The van der Waals surface area contributed by atoms with Crippen LogP contribution in [0.15, 0.2) is 60.9 Å². The van der Waals surface area contributed by atoms with Crippen molar-refractivity contribution in [1.82, 2.24) is 9.97 Å². The zero-order valence-corrected chi connectivity index (χ0v) is 18.6. The molecule has 0 aliphatic carbocycles. The minimum absolute atomic E-state index is 0.153. The van der Waals surface area contributed by atoms with E-state index in [-0.39, 0.29) is 12.7 Å². The number of fused-ring (bicyclic) bond motifs is 2. The van der Waals surface area contributed by atoms with E-state index < -0.39 is 0 Å². The molecule has 0 saturated carbocycles. The van der Waals surface area contributed by atoms with Crippen LogP contribution in [0.3, 0.4) is 0 Å². The lowest BCUT2D eigenvalue weighted by Gasteiger charge is -2.18. The number of aromatic nitrogens is 2. The Morgan fingerprint density at radius 3 is 2.88 bits per heavy atom. The summed E-state index contributed by atoms with van der Waals surface area (Å²) in [5, 5.41) is 0.665. The van der Waals surface area contributed by atoms with Crippen LogP contribution in [-0.2, 0) is 11.3 Å². The third-order valence-electron chi connectivity index (χ3n) is 5.18. The van der Waals surface area contributed by atoms with Crippen molar-refractivity contribution in [1.29, 1.82) is 0 Å². The van der Waals surface area contributed by atoms with Crippen molar-refractivity contribution in [2.45, 2.75) is 20.4 Å². The lowest BCUT2D eigenvalue weighted by atomic mass is 10.1. The van der Waals surface area contributed by atoms with Crippen molar-refractivity contribution >= 4 is 38.7 Å². The van der Waals surface area contributed by atoms with Crippen LogP contribution in [-0.4, -0.2) is 22.7 Å². The fourth-order valence-electron chi connectivity index (χ4n) is 3.67. The summed E-state index contributed by atoms with van der Waals surface area (Å²) in [6.45, 7) is 4.73. The van der Waals surface area contributed by atoms with E-state index in [2.05, 4.69) is 31.0 Å². The molecule has 4 aromatic rings. The number of nitrogens with zero attached hydrogens (tertiary/aromatic N) is 3. The number of pyridine rings is 1. The molecule has 160 valence electrons. The molecule has 2 aromatic heterocycles. The van der Waals surface area contributed by atoms with E-state index in [1.54, 1.807) is 29.4 Å². The highest BCUT2D eigenvalue weighted by atomic mass is 32.1. The summed E-state index contributed by atoms with van der Waals surface area (Å²) in [4.78, 5) is 24.0. The van der Waals surface area contributed by atoms with Gasteiger partial charge >= 0.3 is 0 Å². The normalized spacial score (nSPS) is 12.6. The lowest BCUT2D eigenvalue weighted by Crippen LogP contribution is -2.28. The van der Waals surface area contributed by atoms with Gasteiger partial charge in [0, 0.05) is 18.5 Å². The molecule has 0 bridgehead atoms. The van der Waals surface area contributed by atoms with E-state index >= 15 is 0 Å². The van der Waals surface area contributed by atoms with Crippen LogP contribution >= 0.6 is 11.3 Å². The van der Waals surface area contributed by atoms with E-state index in [1.165, 1.54) is 11.3 Å². The maximum absolute atomic E-state index is 13.3. The highest BCUT2D eigenvalue weighted by molar-refractivity contribution is 7.22. The fourth-order valence-corrected chi connectivity index (χ4v) is 4.69. The van der Waals surface area contributed by atoms with E-state index in [9.17, 15) is 4.79 Å². The fraction of sp³-hybridized carbons (Fsp3) is 0.160. The molecule has 0 atom stereocenters. The number of carbonyl (C=O) groups is 1. The topological polar surface area (TPSA) is 64.6 Å². The molecule has 5 rings (SSSR count). The lowest BCUT2D eigenvalue weighted by molar-refractivity contribution is -0.114. The van der Waals surface area contributed by atoms with Gasteiger partial charge in [-0.25, -0.2) is 4.98 Å². The Kier molecular flexibility index (Phi) is 5.33. The summed E-state index contributed by atoms with van der Waals surface area (Å²) in [6, 6.07) is 13.6. The molecule has 0 radical (unpaired) electrons. The number of benzene rings is 2. The van der Waals surface area contributed by atoms with Crippen LogP contribution < -0.4 is 14.4 Å². The van der Waals surface area contributed by atoms with Gasteiger partial charge in [-0.05, 0) is 66.4 Å². The zero-order chi connectivity index (χ0) is 22.1.